The lowest BCUT2D eigenvalue weighted by Crippen LogP contribution is -2.39. The number of hydrogen-bond donors (Lipinski definition) is 0. The second-order valence-electron chi connectivity index (χ2n) is 14.4. The van der Waals surface area contributed by atoms with Crippen molar-refractivity contribution >= 4 is 66.1 Å². The lowest BCUT2D eigenvalue weighted by atomic mass is 9.85. The van der Waals surface area contributed by atoms with Crippen molar-refractivity contribution in [2.24, 2.45) is 0 Å². The van der Waals surface area contributed by atoms with Crippen molar-refractivity contribution in [1.29, 1.82) is 0 Å². The molecule has 10 rings (SSSR count). The molecule has 1 aliphatic heterocycles. The van der Waals surface area contributed by atoms with Crippen LogP contribution in [0.5, 0.6) is 0 Å². The smallest absolute Gasteiger partial charge is 0.0629 e. The maximum atomic E-state index is 4.97. The van der Waals surface area contributed by atoms with E-state index in [1.54, 1.807) is 0 Å². The fraction of sp³-hybridized carbons (Fsp3) is 0.0769. The third kappa shape index (κ3) is 5.32. The highest BCUT2D eigenvalue weighted by Crippen LogP contribution is 2.51. The largest absolute Gasteiger partial charge is 0.337 e. The molecule has 0 fully saturated rings. The zero-order valence-corrected chi connectivity index (χ0v) is 30.8. The number of anilines is 1. The van der Waals surface area contributed by atoms with Gasteiger partial charge in [-0.05, 0) is 108 Å². The van der Waals surface area contributed by atoms with Gasteiger partial charge in [0.05, 0.1) is 11.3 Å². The first kappa shape index (κ1) is 32.6. The summed E-state index contributed by atoms with van der Waals surface area (Å²) in [5.41, 5.74) is 8.61. The molecule has 1 heterocycles. The molecule has 258 valence electrons. The molecule has 0 saturated heterocycles. The minimum atomic E-state index is 0.0363. The Morgan fingerprint density at radius 3 is 1.83 bits per heavy atom. The van der Waals surface area contributed by atoms with E-state index in [9.17, 15) is 0 Å². The fourth-order valence-electron chi connectivity index (χ4n) is 8.96. The molecule has 3 atom stereocenters. The molecule has 0 spiro atoms. The second-order valence-corrected chi connectivity index (χ2v) is 15.6. The number of benzene rings is 8. The minimum Gasteiger partial charge on any atom is -0.337 e. The van der Waals surface area contributed by atoms with E-state index >= 15 is 0 Å². The van der Waals surface area contributed by atoms with Gasteiger partial charge in [0.15, 0.2) is 0 Å². The average molecular weight is 710 g/mol. The normalized spacial score (nSPS) is 17.9. The van der Waals surface area contributed by atoms with Gasteiger partial charge in [-0.3, -0.25) is 0 Å². The third-order valence-electron chi connectivity index (χ3n) is 11.5. The zero-order chi connectivity index (χ0) is 36.2. The molecular weight excluding hydrogens is 671 g/mol. The molecule has 0 radical (unpaired) electrons. The molecule has 0 amide bonds. The highest BCUT2D eigenvalue weighted by molar-refractivity contribution is 8.00. The van der Waals surface area contributed by atoms with E-state index in [1.807, 2.05) is 11.8 Å². The minimum absolute atomic E-state index is 0.0363. The summed E-state index contributed by atoms with van der Waals surface area (Å²) in [4.78, 5) is 3.86. The van der Waals surface area contributed by atoms with Gasteiger partial charge in [-0.15, -0.1) is 18.3 Å². The molecule has 1 aliphatic carbocycles. The lowest BCUT2D eigenvalue weighted by Gasteiger charge is -2.40. The first-order valence-electron chi connectivity index (χ1n) is 18.8. The van der Waals surface area contributed by atoms with Gasteiger partial charge >= 0.3 is 0 Å². The number of allylic oxidation sites excluding steroid dienone is 3. The Bertz CT molecular complexity index is 2840. The van der Waals surface area contributed by atoms with Crippen LogP contribution in [0, 0.1) is 0 Å². The summed E-state index contributed by atoms with van der Waals surface area (Å²) in [6.45, 7) is 9.31. The van der Waals surface area contributed by atoms with Gasteiger partial charge in [0.1, 0.15) is 0 Å². The van der Waals surface area contributed by atoms with Crippen LogP contribution in [0.2, 0.25) is 0 Å². The van der Waals surface area contributed by atoms with Gasteiger partial charge in [0.2, 0.25) is 0 Å². The van der Waals surface area contributed by atoms with Crippen LogP contribution in [-0.2, 0) is 0 Å². The summed E-state index contributed by atoms with van der Waals surface area (Å²) in [6.07, 6.45) is 9.87. The van der Waals surface area contributed by atoms with E-state index in [0.29, 0.717) is 0 Å². The van der Waals surface area contributed by atoms with Gasteiger partial charge in [0, 0.05) is 22.2 Å². The molecule has 0 N–H and O–H groups in total. The maximum absolute atomic E-state index is 4.97. The zero-order valence-electron chi connectivity index (χ0n) is 30.0. The van der Waals surface area contributed by atoms with Gasteiger partial charge in [-0.1, -0.05) is 158 Å². The van der Waals surface area contributed by atoms with E-state index in [0.717, 1.165) is 17.8 Å². The first-order chi connectivity index (χ1) is 26.7. The predicted molar refractivity (Wildman–Crippen MR) is 235 cm³/mol. The fourth-order valence-corrected chi connectivity index (χ4v) is 10.4. The maximum Gasteiger partial charge on any atom is 0.0629 e. The van der Waals surface area contributed by atoms with E-state index in [-0.39, 0.29) is 17.2 Å². The predicted octanol–water partition coefficient (Wildman–Crippen LogP) is 14.1. The van der Waals surface area contributed by atoms with Crippen molar-refractivity contribution < 1.29 is 0 Å². The molecule has 8 aromatic rings. The van der Waals surface area contributed by atoms with Crippen LogP contribution in [0.15, 0.2) is 206 Å². The highest BCUT2D eigenvalue weighted by atomic mass is 32.2. The first-order valence-corrected chi connectivity index (χ1v) is 19.7. The van der Waals surface area contributed by atoms with Gasteiger partial charge < -0.3 is 4.90 Å². The number of rotatable bonds is 7. The molecule has 3 unspecified atom stereocenters. The standard InChI is InChI=1S/C52H39NS/c1-3-39-47-25-13-15-27-51(47)54-52(39)34(2)53(38-30-28-35(29-31-38)48-32-36-16-4-6-18-40(36)42-20-8-10-22-44(42)48)50-26-14-12-24-46(50)49-33-37-17-5-7-19-41(37)43-21-9-11-23-45(43)49/h3-25,27-33,39,50,52H,1-2,26H2. The Hall–Kier alpha value is -6.09. The Morgan fingerprint density at radius 1 is 0.611 bits per heavy atom. The molecular formula is C52H39NS. The molecule has 54 heavy (non-hydrogen) atoms. The van der Waals surface area contributed by atoms with Crippen LogP contribution in [0.3, 0.4) is 0 Å². The van der Waals surface area contributed by atoms with Gasteiger partial charge in [-0.2, -0.15) is 0 Å². The van der Waals surface area contributed by atoms with Crippen LogP contribution >= 0.6 is 11.8 Å². The van der Waals surface area contributed by atoms with Crippen molar-refractivity contribution in [3.05, 3.63) is 212 Å². The van der Waals surface area contributed by atoms with Gasteiger partial charge in [-0.25, -0.2) is 0 Å². The number of fused-ring (bicyclic) bond motifs is 7. The topological polar surface area (TPSA) is 3.24 Å². The summed E-state index contributed by atoms with van der Waals surface area (Å²) >= 11 is 1.92. The van der Waals surface area contributed by atoms with Gasteiger partial charge in [0.25, 0.3) is 0 Å². The van der Waals surface area contributed by atoms with E-state index in [2.05, 4.69) is 194 Å². The quantitative estimate of drug-likeness (QED) is 0.120. The Morgan fingerprint density at radius 2 is 1.17 bits per heavy atom. The molecule has 0 saturated carbocycles. The average Bonchev–Trinajstić information content (AvgIpc) is 3.62. The molecule has 8 aromatic carbocycles. The highest BCUT2D eigenvalue weighted by Gasteiger charge is 2.38. The van der Waals surface area contributed by atoms with E-state index in [1.165, 1.54) is 75.8 Å². The summed E-state index contributed by atoms with van der Waals surface area (Å²) in [5, 5.41) is 10.3. The molecule has 2 aliphatic rings. The number of nitrogens with zero attached hydrogens (tertiary/aromatic N) is 1. The van der Waals surface area contributed by atoms with Crippen molar-refractivity contribution in [2.75, 3.05) is 4.90 Å². The Balaban J connectivity index is 1.13. The molecule has 1 nitrogen and oxygen atoms in total. The van der Waals surface area contributed by atoms with Crippen molar-refractivity contribution in [3.8, 4) is 11.1 Å². The van der Waals surface area contributed by atoms with E-state index < -0.39 is 0 Å². The Kier molecular flexibility index (Phi) is 8.08. The molecule has 0 bridgehead atoms. The number of hydrogen-bond acceptors (Lipinski definition) is 2. The van der Waals surface area contributed by atoms with Crippen LogP contribution in [-0.4, -0.2) is 11.3 Å². The molecule has 2 heteroatoms. The summed E-state index contributed by atoms with van der Waals surface area (Å²) in [7, 11) is 0. The summed E-state index contributed by atoms with van der Waals surface area (Å²) < 4.78 is 0. The van der Waals surface area contributed by atoms with E-state index in [4.69, 9.17) is 6.58 Å². The second kappa shape index (κ2) is 13.4. The monoisotopic (exact) mass is 709 g/mol. The van der Waals surface area contributed by atoms with Crippen LogP contribution in [0.4, 0.5) is 5.69 Å². The van der Waals surface area contributed by atoms with Crippen LogP contribution in [0.1, 0.15) is 23.5 Å². The van der Waals surface area contributed by atoms with Crippen molar-refractivity contribution in [3.63, 3.8) is 0 Å². The lowest BCUT2D eigenvalue weighted by molar-refractivity contribution is 0.725. The SMILES string of the molecule is C=CC1c2ccccc2SC1C(=C)N(c1ccc(-c2cc3ccccc3c3ccccc23)cc1)C1CC=CC=C1c1cc2ccccc2c2ccccc12. The van der Waals surface area contributed by atoms with Crippen molar-refractivity contribution in [2.45, 2.75) is 28.5 Å². The van der Waals surface area contributed by atoms with Crippen LogP contribution in [0.25, 0.3) is 59.8 Å². The summed E-state index contributed by atoms with van der Waals surface area (Å²) in [5.74, 6) is 0.164. The third-order valence-corrected chi connectivity index (χ3v) is 12.9. The Labute approximate surface area is 321 Å². The molecule has 0 aromatic heterocycles. The number of thioether (sulfide) groups is 1. The summed E-state index contributed by atoms with van der Waals surface area (Å²) in [6, 6.07) is 58.0. The van der Waals surface area contributed by atoms with Crippen LogP contribution < -0.4 is 4.90 Å². The van der Waals surface area contributed by atoms with Crippen molar-refractivity contribution in [1.82, 2.24) is 0 Å².